The topological polar surface area (TPSA) is 79.8 Å². The van der Waals surface area contributed by atoms with Gasteiger partial charge in [-0.15, -0.1) is 13.2 Å². The quantitative estimate of drug-likeness (QED) is 0.471. The highest BCUT2D eigenvalue weighted by Crippen LogP contribution is 2.26. The zero-order valence-electron chi connectivity index (χ0n) is 16.6. The van der Waals surface area contributed by atoms with Gasteiger partial charge in [0.2, 0.25) is 0 Å². The van der Waals surface area contributed by atoms with E-state index < -0.39 is 16.2 Å². The Hall–Kier alpha value is -1.97. The Morgan fingerprint density at radius 2 is 1.82 bits per heavy atom. The van der Waals surface area contributed by atoms with Crippen molar-refractivity contribution in [2.24, 2.45) is 10.4 Å². The maximum Gasteiger partial charge on any atom is 0.573 e. The Balaban J connectivity index is 2.80. The van der Waals surface area contributed by atoms with Gasteiger partial charge in [-0.3, -0.25) is 0 Å². The van der Waals surface area contributed by atoms with Crippen molar-refractivity contribution in [2.75, 3.05) is 25.1 Å². The molecular weight excluding hydrogens is 395 g/mol. The van der Waals surface area contributed by atoms with E-state index in [-0.39, 0.29) is 23.5 Å². The lowest BCUT2D eigenvalue weighted by atomic mass is 9.90. The molecule has 1 aromatic rings. The number of rotatable bonds is 9. The fourth-order valence-electron chi connectivity index (χ4n) is 2.24. The van der Waals surface area contributed by atoms with Gasteiger partial charge in [0.15, 0.2) is 5.96 Å². The van der Waals surface area contributed by atoms with Crippen LogP contribution in [0, 0.1) is 5.41 Å². The highest BCUT2D eigenvalue weighted by atomic mass is 32.2. The van der Waals surface area contributed by atoms with Crippen LogP contribution in [-0.2, 0) is 16.4 Å². The number of hydrogen-bond donors (Lipinski definition) is 2. The molecular formula is C18H28F3N3O3S. The third kappa shape index (κ3) is 10.4. The molecule has 28 heavy (non-hydrogen) atoms. The second-order valence-corrected chi connectivity index (χ2v) is 9.51. The number of guanidine groups is 1. The number of sulfone groups is 1. The van der Waals surface area contributed by atoms with E-state index in [0.717, 1.165) is 0 Å². The first-order valence-corrected chi connectivity index (χ1v) is 10.9. The summed E-state index contributed by atoms with van der Waals surface area (Å²) < 4.78 is 64.3. The smallest absolute Gasteiger partial charge is 0.405 e. The molecule has 2 N–H and O–H groups in total. The van der Waals surface area contributed by atoms with Gasteiger partial charge in [0.25, 0.3) is 0 Å². The van der Waals surface area contributed by atoms with Crippen molar-refractivity contribution in [1.82, 2.24) is 10.6 Å². The molecule has 0 radical (unpaired) electrons. The molecule has 1 rings (SSSR count). The van der Waals surface area contributed by atoms with Gasteiger partial charge in [-0.05, 0) is 24.8 Å². The van der Waals surface area contributed by atoms with Crippen LogP contribution in [-0.4, -0.2) is 45.8 Å². The van der Waals surface area contributed by atoms with Crippen molar-refractivity contribution in [1.29, 1.82) is 0 Å². The van der Waals surface area contributed by atoms with E-state index in [1.165, 1.54) is 24.5 Å². The van der Waals surface area contributed by atoms with E-state index in [1.807, 2.05) is 20.8 Å². The molecule has 0 aliphatic rings. The normalized spacial score (nSPS) is 13.3. The average Bonchev–Trinajstić information content (AvgIpc) is 2.55. The summed E-state index contributed by atoms with van der Waals surface area (Å²) in [5, 5.41) is 6.14. The third-order valence-corrected chi connectivity index (χ3v) is 4.78. The number of para-hydroxylation sites is 1. The molecule has 0 amide bonds. The van der Waals surface area contributed by atoms with Gasteiger partial charge in [0.1, 0.15) is 15.6 Å². The van der Waals surface area contributed by atoms with Crippen molar-refractivity contribution < 1.29 is 26.3 Å². The lowest BCUT2D eigenvalue weighted by Crippen LogP contribution is -2.42. The molecule has 10 heteroatoms. The SMILES string of the molecule is CCNC(=NCc1ccccc1OC(F)(F)F)NCC(C)(C)CCS(C)(=O)=O. The summed E-state index contributed by atoms with van der Waals surface area (Å²) in [6.07, 6.45) is -3.10. The minimum absolute atomic E-state index is 0.00858. The van der Waals surface area contributed by atoms with Crippen molar-refractivity contribution in [2.45, 2.75) is 40.1 Å². The molecule has 1 aromatic carbocycles. The fraction of sp³-hybridized carbons (Fsp3) is 0.611. The molecule has 0 saturated carbocycles. The lowest BCUT2D eigenvalue weighted by molar-refractivity contribution is -0.274. The molecule has 0 aliphatic heterocycles. The first-order chi connectivity index (χ1) is 12.8. The van der Waals surface area contributed by atoms with Crippen LogP contribution in [0.2, 0.25) is 0 Å². The lowest BCUT2D eigenvalue weighted by Gasteiger charge is -2.25. The Labute approximate surface area is 164 Å². The highest BCUT2D eigenvalue weighted by molar-refractivity contribution is 7.90. The number of aliphatic imine (C=N–C) groups is 1. The number of nitrogens with zero attached hydrogens (tertiary/aromatic N) is 1. The first kappa shape index (κ1) is 24.1. The van der Waals surface area contributed by atoms with Gasteiger partial charge in [0.05, 0.1) is 12.3 Å². The summed E-state index contributed by atoms with van der Waals surface area (Å²) in [5.41, 5.74) is -0.00954. The molecule has 0 spiro atoms. The molecule has 0 bridgehead atoms. The van der Waals surface area contributed by atoms with Crippen molar-refractivity contribution >= 4 is 15.8 Å². The minimum atomic E-state index is -4.77. The summed E-state index contributed by atoms with van der Waals surface area (Å²) in [6, 6.07) is 5.84. The molecule has 0 atom stereocenters. The number of benzene rings is 1. The number of halogens is 3. The average molecular weight is 424 g/mol. The predicted molar refractivity (Wildman–Crippen MR) is 104 cm³/mol. The minimum Gasteiger partial charge on any atom is -0.405 e. The third-order valence-electron chi connectivity index (χ3n) is 3.83. The Bertz CT molecular complexity index is 763. The van der Waals surface area contributed by atoms with Gasteiger partial charge in [-0.1, -0.05) is 32.0 Å². The maximum absolute atomic E-state index is 12.5. The van der Waals surface area contributed by atoms with Gasteiger partial charge in [-0.2, -0.15) is 0 Å². The second-order valence-electron chi connectivity index (χ2n) is 7.25. The van der Waals surface area contributed by atoms with Crippen LogP contribution in [0.25, 0.3) is 0 Å². The van der Waals surface area contributed by atoms with Gasteiger partial charge < -0.3 is 15.4 Å². The van der Waals surface area contributed by atoms with Gasteiger partial charge in [-0.25, -0.2) is 13.4 Å². The van der Waals surface area contributed by atoms with Crippen LogP contribution in [0.3, 0.4) is 0 Å². The summed E-state index contributed by atoms with van der Waals surface area (Å²) in [7, 11) is -3.05. The zero-order valence-corrected chi connectivity index (χ0v) is 17.4. The molecule has 0 unspecified atom stereocenters. The molecule has 0 saturated heterocycles. The number of ether oxygens (including phenoxy) is 1. The van der Waals surface area contributed by atoms with Crippen LogP contribution >= 0.6 is 0 Å². The van der Waals surface area contributed by atoms with E-state index in [0.29, 0.717) is 31.0 Å². The van der Waals surface area contributed by atoms with Gasteiger partial charge >= 0.3 is 6.36 Å². The predicted octanol–water partition coefficient (Wildman–Crippen LogP) is 3.10. The molecule has 0 aromatic heterocycles. The van der Waals surface area contributed by atoms with Crippen molar-refractivity contribution in [3.8, 4) is 5.75 Å². The zero-order chi connectivity index (χ0) is 21.4. The Morgan fingerprint density at radius 3 is 2.39 bits per heavy atom. The summed E-state index contributed by atoms with van der Waals surface area (Å²) in [4.78, 5) is 4.32. The summed E-state index contributed by atoms with van der Waals surface area (Å²) in [6.45, 7) is 6.74. The monoisotopic (exact) mass is 423 g/mol. The fourth-order valence-corrected chi connectivity index (χ4v) is 3.16. The molecule has 6 nitrogen and oxygen atoms in total. The molecule has 0 heterocycles. The van der Waals surface area contributed by atoms with Crippen LogP contribution in [0.5, 0.6) is 5.75 Å². The summed E-state index contributed by atoms with van der Waals surface area (Å²) >= 11 is 0. The van der Waals surface area contributed by atoms with Crippen molar-refractivity contribution in [3.63, 3.8) is 0 Å². The van der Waals surface area contributed by atoms with E-state index in [9.17, 15) is 21.6 Å². The number of nitrogens with one attached hydrogen (secondary N) is 2. The van der Waals surface area contributed by atoms with E-state index >= 15 is 0 Å². The van der Waals surface area contributed by atoms with Crippen LogP contribution < -0.4 is 15.4 Å². The van der Waals surface area contributed by atoms with E-state index in [2.05, 4.69) is 20.4 Å². The largest absolute Gasteiger partial charge is 0.573 e. The van der Waals surface area contributed by atoms with E-state index in [4.69, 9.17) is 0 Å². The Kier molecular flexibility index (Phi) is 8.59. The van der Waals surface area contributed by atoms with Crippen LogP contribution in [0.4, 0.5) is 13.2 Å². The van der Waals surface area contributed by atoms with Crippen molar-refractivity contribution in [3.05, 3.63) is 29.8 Å². The summed E-state index contributed by atoms with van der Waals surface area (Å²) in [5.74, 6) is 0.220. The molecule has 0 fully saturated rings. The number of hydrogen-bond acceptors (Lipinski definition) is 4. The standard InChI is InChI=1S/C18H28F3N3O3S/c1-5-22-16(24-13-17(2,3)10-11-28(4,25)26)23-12-14-8-6-7-9-15(14)27-18(19,20)21/h6-9H,5,10-13H2,1-4H3,(H2,22,23,24). The number of alkyl halides is 3. The van der Waals surface area contributed by atoms with Crippen LogP contribution in [0.1, 0.15) is 32.8 Å². The maximum atomic E-state index is 12.5. The second kappa shape index (κ2) is 9.99. The Morgan fingerprint density at radius 1 is 1.18 bits per heavy atom. The highest BCUT2D eigenvalue weighted by Gasteiger charge is 2.32. The van der Waals surface area contributed by atoms with E-state index in [1.54, 1.807) is 6.07 Å². The molecule has 160 valence electrons. The first-order valence-electron chi connectivity index (χ1n) is 8.85. The molecule has 0 aliphatic carbocycles. The van der Waals surface area contributed by atoms with Crippen LogP contribution in [0.15, 0.2) is 29.3 Å². The van der Waals surface area contributed by atoms with Gasteiger partial charge in [0, 0.05) is 24.9 Å².